The predicted molar refractivity (Wildman–Crippen MR) is 77.5 cm³/mol. The van der Waals surface area contributed by atoms with Crippen molar-refractivity contribution in [2.24, 2.45) is 5.11 Å². The molecule has 0 unspecified atom stereocenters. The van der Waals surface area contributed by atoms with Gasteiger partial charge in [0.15, 0.2) is 6.29 Å². The zero-order chi connectivity index (χ0) is 17.4. The van der Waals surface area contributed by atoms with E-state index in [0.717, 1.165) is 0 Å². The van der Waals surface area contributed by atoms with Crippen LogP contribution in [0.15, 0.2) is 16.8 Å². The summed E-state index contributed by atoms with van der Waals surface area (Å²) in [5.74, 6) is 0. The Morgan fingerprint density at radius 2 is 2.00 bits per heavy atom. The fourth-order valence-electron chi connectivity index (χ4n) is 3.35. The minimum Gasteiger partial charge on any atom is -0.392 e. The molecule has 0 amide bonds. The van der Waals surface area contributed by atoms with Crippen LogP contribution in [0.4, 0.5) is 0 Å². The number of hydrogen-bond acceptors (Lipinski definition) is 9. The van der Waals surface area contributed by atoms with Crippen LogP contribution in [0.5, 0.6) is 0 Å². The van der Waals surface area contributed by atoms with Crippen molar-refractivity contribution in [1.82, 2.24) is 5.32 Å². The standard InChI is InChI=1S/C13H20N4O7/c14-17-16-8-11(21)7(6-3-23-13(8)24-6)15-5-1-4(2-18)9(19)12(22)10(5)20/h1,5-13,15,18-22H,2-3H2/t5-,6+,7-,8+,9+,10-,11-,12-,13+/m0/s1. The van der Waals surface area contributed by atoms with E-state index < -0.39 is 61.5 Å². The first-order valence-corrected chi connectivity index (χ1v) is 7.59. The van der Waals surface area contributed by atoms with E-state index in [4.69, 9.17) is 15.0 Å². The molecular weight excluding hydrogens is 324 g/mol. The molecule has 6 N–H and O–H groups in total. The molecule has 11 heteroatoms. The normalized spacial score (nSPS) is 47.9. The van der Waals surface area contributed by atoms with Gasteiger partial charge in [0.05, 0.1) is 31.4 Å². The fraction of sp³-hybridized carbons (Fsp3) is 0.846. The van der Waals surface area contributed by atoms with E-state index in [9.17, 15) is 25.5 Å². The highest BCUT2D eigenvalue weighted by Crippen LogP contribution is 2.31. The van der Waals surface area contributed by atoms with Crippen molar-refractivity contribution in [2.75, 3.05) is 13.2 Å². The van der Waals surface area contributed by atoms with Crippen LogP contribution in [-0.4, -0.2) is 93.7 Å². The van der Waals surface area contributed by atoms with Crippen LogP contribution >= 0.6 is 0 Å². The summed E-state index contributed by atoms with van der Waals surface area (Å²) >= 11 is 0. The van der Waals surface area contributed by atoms with E-state index in [0.29, 0.717) is 0 Å². The summed E-state index contributed by atoms with van der Waals surface area (Å²) in [4.78, 5) is 2.68. The molecule has 1 aliphatic carbocycles. The van der Waals surface area contributed by atoms with Gasteiger partial charge in [-0.05, 0) is 11.1 Å². The molecule has 24 heavy (non-hydrogen) atoms. The monoisotopic (exact) mass is 344 g/mol. The third kappa shape index (κ3) is 2.90. The first-order valence-electron chi connectivity index (χ1n) is 7.59. The molecule has 11 nitrogen and oxygen atoms in total. The van der Waals surface area contributed by atoms with Crippen LogP contribution in [0.25, 0.3) is 10.4 Å². The number of nitrogens with one attached hydrogen (secondary N) is 1. The summed E-state index contributed by atoms with van der Waals surface area (Å²) in [7, 11) is 0. The Hall–Kier alpha value is -1.27. The smallest absolute Gasteiger partial charge is 0.169 e. The number of azide groups is 1. The summed E-state index contributed by atoms with van der Waals surface area (Å²) < 4.78 is 10.9. The molecule has 0 aromatic rings. The predicted octanol–water partition coefficient (Wildman–Crippen LogP) is -2.88. The van der Waals surface area contributed by atoms with Gasteiger partial charge in [-0.3, -0.25) is 0 Å². The zero-order valence-electron chi connectivity index (χ0n) is 12.6. The van der Waals surface area contributed by atoms with Crippen molar-refractivity contribution in [1.29, 1.82) is 0 Å². The molecular formula is C13H20N4O7. The van der Waals surface area contributed by atoms with Gasteiger partial charge >= 0.3 is 0 Å². The Morgan fingerprint density at radius 3 is 2.67 bits per heavy atom. The second-order valence-corrected chi connectivity index (χ2v) is 6.11. The zero-order valence-corrected chi connectivity index (χ0v) is 12.6. The average molecular weight is 344 g/mol. The summed E-state index contributed by atoms with van der Waals surface area (Å²) in [5.41, 5.74) is 8.78. The number of ether oxygens (including phenoxy) is 2. The highest BCUT2D eigenvalue weighted by atomic mass is 16.7. The number of aliphatic hydroxyl groups excluding tert-OH is 5. The van der Waals surface area contributed by atoms with Crippen LogP contribution in [0, 0.1) is 0 Å². The molecule has 3 rings (SSSR count). The fourth-order valence-corrected chi connectivity index (χ4v) is 3.35. The SMILES string of the molecule is [N-]=[N+]=N[C@H]1[C@@H]2OC[C@@H](O2)[C@H](N[C@H]2C=C(CO)[C@@H](O)[C@H](O)[C@H]2O)[C@@H]1O. The van der Waals surface area contributed by atoms with E-state index in [1.165, 1.54) is 6.08 Å². The van der Waals surface area contributed by atoms with E-state index in [2.05, 4.69) is 15.3 Å². The van der Waals surface area contributed by atoms with Gasteiger partial charge in [-0.15, -0.1) is 0 Å². The number of fused-ring (bicyclic) bond motifs is 2. The minimum atomic E-state index is -1.49. The Balaban J connectivity index is 1.81. The van der Waals surface area contributed by atoms with Gasteiger partial charge in [0.1, 0.15) is 30.5 Å². The van der Waals surface area contributed by atoms with E-state index in [-0.39, 0.29) is 12.2 Å². The topological polar surface area (TPSA) is 180 Å². The maximum Gasteiger partial charge on any atom is 0.169 e. The minimum absolute atomic E-state index is 0.156. The second kappa shape index (κ2) is 6.92. The van der Waals surface area contributed by atoms with Crippen molar-refractivity contribution < 1.29 is 35.0 Å². The van der Waals surface area contributed by atoms with Gasteiger partial charge in [-0.25, -0.2) is 0 Å². The quantitative estimate of drug-likeness (QED) is 0.136. The molecule has 0 aromatic heterocycles. The van der Waals surface area contributed by atoms with Gasteiger partial charge in [0, 0.05) is 4.91 Å². The van der Waals surface area contributed by atoms with Gasteiger partial charge in [-0.2, -0.15) is 0 Å². The molecule has 3 aliphatic rings. The van der Waals surface area contributed by atoms with E-state index in [1.54, 1.807) is 0 Å². The van der Waals surface area contributed by atoms with Gasteiger partial charge in [0.25, 0.3) is 0 Å². The van der Waals surface area contributed by atoms with Crippen LogP contribution < -0.4 is 5.32 Å². The molecule has 0 aromatic carbocycles. The number of hydrogen-bond donors (Lipinski definition) is 6. The Labute approximate surface area is 136 Å². The second-order valence-electron chi connectivity index (χ2n) is 6.11. The number of nitrogens with zero attached hydrogens (tertiary/aromatic N) is 3. The molecule has 2 saturated heterocycles. The largest absolute Gasteiger partial charge is 0.392 e. The highest BCUT2D eigenvalue weighted by Gasteiger charge is 2.51. The molecule has 134 valence electrons. The first-order chi connectivity index (χ1) is 11.5. The van der Waals surface area contributed by atoms with Crippen LogP contribution in [0.3, 0.4) is 0 Å². The van der Waals surface area contributed by atoms with Crippen LogP contribution in [-0.2, 0) is 9.47 Å². The Kier molecular flexibility index (Phi) is 5.06. The third-order valence-corrected chi connectivity index (χ3v) is 4.70. The lowest BCUT2D eigenvalue weighted by Gasteiger charge is -2.41. The molecule has 2 bridgehead atoms. The Bertz CT molecular complexity index is 554. The molecule has 0 spiro atoms. The summed E-state index contributed by atoms with van der Waals surface area (Å²) in [6.45, 7) is -0.315. The molecule has 0 saturated carbocycles. The maximum absolute atomic E-state index is 10.4. The maximum atomic E-state index is 10.4. The molecule has 2 fully saturated rings. The number of aliphatic hydroxyl groups is 5. The molecule has 2 aliphatic heterocycles. The lowest BCUT2D eigenvalue weighted by atomic mass is 9.86. The van der Waals surface area contributed by atoms with Gasteiger partial charge in [0.2, 0.25) is 0 Å². The lowest BCUT2D eigenvalue weighted by Crippen LogP contribution is -2.64. The number of rotatable bonds is 4. The van der Waals surface area contributed by atoms with Crippen LogP contribution in [0.2, 0.25) is 0 Å². The first kappa shape index (κ1) is 17.5. The lowest BCUT2D eigenvalue weighted by molar-refractivity contribution is -0.147. The summed E-state index contributed by atoms with van der Waals surface area (Å²) in [6, 6.07) is -2.54. The van der Waals surface area contributed by atoms with Crippen molar-refractivity contribution in [3.8, 4) is 0 Å². The van der Waals surface area contributed by atoms with Crippen LogP contribution in [0.1, 0.15) is 0 Å². The summed E-state index contributed by atoms with van der Waals surface area (Å²) in [5, 5.41) is 56.0. The van der Waals surface area contributed by atoms with Gasteiger partial charge in [-0.1, -0.05) is 11.2 Å². The highest BCUT2D eigenvalue weighted by molar-refractivity contribution is 5.22. The molecule has 9 atom stereocenters. The van der Waals surface area contributed by atoms with Crippen molar-refractivity contribution in [2.45, 2.75) is 54.9 Å². The van der Waals surface area contributed by atoms with Crippen molar-refractivity contribution in [3.63, 3.8) is 0 Å². The van der Waals surface area contributed by atoms with E-state index >= 15 is 0 Å². The third-order valence-electron chi connectivity index (χ3n) is 4.70. The molecule has 2 heterocycles. The van der Waals surface area contributed by atoms with Crippen molar-refractivity contribution in [3.05, 3.63) is 22.1 Å². The average Bonchev–Trinajstić information content (AvgIpc) is 3.01. The summed E-state index contributed by atoms with van der Waals surface area (Å²) in [6.07, 6.45) is -5.31. The molecule has 0 radical (unpaired) electrons. The van der Waals surface area contributed by atoms with Crippen molar-refractivity contribution >= 4 is 0 Å². The van der Waals surface area contributed by atoms with Gasteiger partial charge < -0.3 is 40.3 Å². The Morgan fingerprint density at radius 1 is 1.25 bits per heavy atom. The van der Waals surface area contributed by atoms with E-state index in [1.807, 2.05) is 0 Å².